The van der Waals surface area contributed by atoms with Crippen molar-refractivity contribution in [3.63, 3.8) is 0 Å². The molecule has 1 rings (SSSR count). The molecule has 1 atom stereocenters. The minimum atomic E-state index is 0.209. The Hall–Kier alpha value is -0.540. The minimum Gasteiger partial charge on any atom is -0.489 e. The minimum absolute atomic E-state index is 0.209. The Kier molecular flexibility index (Phi) is 7.60. The summed E-state index contributed by atoms with van der Waals surface area (Å²) < 4.78 is 7.40. The molecule has 0 saturated heterocycles. The quantitative estimate of drug-likeness (QED) is 0.673. The molecular formula is C17H28BrNO. The van der Waals surface area contributed by atoms with Crippen molar-refractivity contribution in [3.8, 4) is 5.75 Å². The van der Waals surface area contributed by atoms with Crippen molar-refractivity contribution >= 4 is 15.9 Å². The lowest BCUT2D eigenvalue weighted by Crippen LogP contribution is -2.36. The molecule has 3 heteroatoms. The van der Waals surface area contributed by atoms with Gasteiger partial charge in [-0.15, -0.1) is 0 Å². The van der Waals surface area contributed by atoms with Crippen LogP contribution in [0.1, 0.15) is 52.5 Å². The molecule has 1 unspecified atom stereocenters. The zero-order valence-corrected chi connectivity index (χ0v) is 15.0. The fraction of sp³-hybridized carbons (Fsp3) is 0.647. The lowest BCUT2D eigenvalue weighted by molar-refractivity contribution is 0.147. The molecule has 0 spiro atoms. The Labute approximate surface area is 132 Å². The average Bonchev–Trinajstić information content (AvgIpc) is 2.39. The molecule has 0 aliphatic carbocycles. The van der Waals surface area contributed by atoms with Gasteiger partial charge in [-0.2, -0.15) is 0 Å². The van der Waals surface area contributed by atoms with Gasteiger partial charge in [0.1, 0.15) is 11.9 Å². The maximum absolute atomic E-state index is 6.29. The highest BCUT2D eigenvalue weighted by Gasteiger charge is 2.17. The molecule has 114 valence electrons. The second-order valence-electron chi connectivity index (χ2n) is 5.94. The molecule has 1 aromatic carbocycles. The summed E-state index contributed by atoms with van der Waals surface area (Å²) >= 11 is 3.54. The summed E-state index contributed by atoms with van der Waals surface area (Å²) in [6.07, 6.45) is 1.36. The highest BCUT2D eigenvalue weighted by Crippen LogP contribution is 2.30. The highest BCUT2D eigenvalue weighted by atomic mass is 79.9. The molecule has 0 fully saturated rings. The van der Waals surface area contributed by atoms with Crippen LogP contribution in [0.4, 0.5) is 0 Å². The summed E-state index contributed by atoms with van der Waals surface area (Å²) in [5, 5.41) is 3.46. The number of nitrogens with one attached hydrogen (secondary N) is 1. The first-order valence-electron chi connectivity index (χ1n) is 7.62. The zero-order chi connectivity index (χ0) is 15.1. The van der Waals surface area contributed by atoms with E-state index in [1.165, 1.54) is 5.56 Å². The second-order valence-corrected chi connectivity index (χ2v) is 6.86. The molecule has 2 nitrogen and oxygen atoms in total. The van der Waals surface area contributed by atoms with E-state index < -0.39 is 0 Å². The molecule has 0 aromatic heterocycles. The predicted molar refractivity (Wildman–Crippen MR) is 90.6 cm³/mol. The van der Waals surface area contributed by atoms with E-state index in [1.54, 1.807) is 0 Å². The Morgan fingerprint density at radius 1 is 1.20 bits per heavy atom. The van der Waals surface area contributed by atoms with Crippen LogP contribution in [-0.2, 0) is 0 Å². The molecule has 0 radical (unpaired) electrons. The van der Waals surface area contributed by atoms with Gasteiger partial charge in [0, 0.05) is 11.0 Å². The summed E-state index contributed by atoms with van der Waals surface area (Å²) in [5.74, 6) is 1.96. The van der Waals surface area contributed by atoms with Crippen LogP contribution < -0.4 is 10.1 Å². The smallest absolute Gasteiger partial charge is 0.123 e. The Morgan fingerprint density at radius 3 is 2.45 bits per heavy atom. The molecule has 20 heavy (non-hydrogen) atoms. The molecule has 0 bridgehead atoms. The van der Waals surface area contributed by atoms with Crippen LogP contribution in [0.25, 0.3) is 0 Å². The van der Waals surface area contributed by atoms with Crippen molar-refractivity contribution in [2.75, 3.05) is 13.1 Å². The maximum Gasteiger partial charge on any atom is 0.123 e. The third-order valence-corrected chi connectivity index (χ3v) is 3.88. The predicted octanol–water partition coefficient (Wildman–Crippen LogP) is 4.98. The number of ether oxygens (including phenoxy) is 1. The van der Waals surface area contributed by atoms with E-state index in [0.29, 0.717) is 11.8 Å². The van der Waals surface area contributed by atoms with Crippen LogP contribution in [-0.4, -0.2) is 19.2 Å². The van der Waals surface area contributed by atoms with Crippen molar-refractivity contribution < 1.29 is 4.74 Å². The monoisotopic (exact) mass is 341 g/mol. The highest BCUT2D eigenvalue weighted by molar-refractivity contribution is 9.10. The summed E-state index contributed by atoms with van der Waals surface area (Å²) in [6.45, 7) is 13.0. The van der Waals surface area contributed by atoms with Crippen LogP contribution in [0.5, 0.6) is 5.75 Å². The largest absolute Gasteiger partial charge is 0.489 e. The van der Waals surface area contributed by atoms with E-state index in [2.05, 4.69) is 74.1 Å². The summed E-state index contributed by atoms with van der Waals surface area (Å²) in [7, 11) is 0. The van der Waals surface area contributed by atoms with Gasteiger partial charge >= 0.3 is 0 Å². The van der Waals surface area contributed by atoms with Gasteiger partial charge in [0.25, 0.3) is 0 Å². The van der Waals surface area contributed by atoms with Crippen LogP contribution >= 0.6 is 15.9 Å². The topological polar surface area (TPSA) is 21.3 Å². The summed E-state index contributed by atoms with van der Waals surface area (Å²) in [5.41, 5.74) is 1.26. The fourth-order valence-corrected chi connectivity index (χ4v) is 2.45. The van der Waals surface area contributed by atoms with Crippen molar-refractivity contribution in [2.24, 2.45) is 5.92 Å². The van der Waals surface area contributed by atoms with Gasteiger partial charge in [0.15, 0.2) is 0 Å². The second kappa shape index (κ2) is 8.68. The Morgan fingerprint density at radius 2 is 1.90 bits per heavy atom. The van der Waals surface area contributed by atoms with Gasteiger partial charge in [0.05, 0.1) is 0 Å². The number of hydrogen-bond acceptors (Lipinski definition) is 2. The van der Waals surface area contributed by atoms with Crippen LogP contribution in [0, 0.1) is 5.92 Å². The lowest BCUT2D eigenvalue weighted by Gasteiger charge is -2.25. The average molecular weight is 342 g/mol. The SMILES string of the molecule is CCCNCC(Oc1ccc(Br)cc1C(C)C)C(C)C. The number of hydrogen-bond donors (Lipinski definition) is 1. The van der Waals surface area contributed by atoms with Crippen molar-refractivity contribution in [1.29, 1.82) is 0 Å². The first kappa shape index (κ1) is 17.5. The van der Waals surface area contributed by atoms with Gasteiger partial charge in [-0.05, 0) is 48.6 Å². The van der Waals surface area contributed by atoms with Gasteiger partial charge in [-0.1, -0.05) is 50.5 Å². The molecule has 0 amide bonds. The van der Waals surface area contributed by atoms with E-state index in [0.717, 1.165) is 29.7 Å². The fourth-order valence-electron chi connectivity index (χ4n) is 2.08. The van der Waals surface area contributed by atoms with Gasteiger partial charge < -0.3 is 10.1 Å². The third-order valence-electron chi connectivity index (χ3n) is 3.39. The van der Waals surface area contributed by atoms with E-state index in [4.69, 9.17) is 4.74 Å². The first-order valence-corrected chi connectivity index (χ1v) is 8.41. The normalized spacial score (nSPS) is 13.0. The molecular weight excluding hydrogens is 314 g/mol. The van der Waals surface area contributed by atoms with Crippen molar-refractivity contribution in [3.05, 3.63) is 28.2 Å². The van der Waals surface area contributed by atoms with E-state index >= 15 is 0 Å². The van der Waals surface area contributed by atoms with Gasteiger partial charge in [-0.3, -0.25) is 0 Å². The Balaban J connectivity index is 2.82. The molecule has 0 saturated carbocycles. The van der Waals surface area contributed by atoms with Gasteiger partial charge in [-0.25, -0.2) is 0 Å². The van der Waals surface area contributed by atoms with Crippen molar-refractivity contribution in [1.82, 2.24) is 5.32 Å². The Bertz CT molecular complexity index is 404. The van der Waals surface area contributed by atoms with E-state index in [-0.39, 0.29) is 6.10 Å². The summed E-state index contributed by atoms with van der Waals surface area (Å²) in [4.78, 5) is 0. The van der Waals surface area contributed by atoms with E-state index in [9.17, 15) is 0 Å². The third kappa shape index (κ3) is 5.45. The molecule has 1 aromatic rings. The van der Waals surface area contributed by atoms with Crippen molar-refractivity contribution in [2.45, 2.75) is 53.1 Å². The molecule has 1 N–H and O–H groups in total. The van der Waals surface area contributed by atoms with Crippen LogP contribution in [0.15, 0.2) is 22.7 Å². The number of benzene rings is 1. The lowest BCUT2D eigenvalue weighted by atomic mass is 10.0. The first-order chi connectivity index (χ1) is 9.45. The molecule has 0 aliphatic heterocycles. The van der Waals surface area contributed by atoms with E-state index in [1.807, 2.05) is 0 Å². The summed E-state index contributed by atoms with van der Waals surface area (Å²) in [6, 6.07) is 6.30. The van der Waals surface area contributed by atoms with Crippen LogP contribution in [0.3, 0.4) is 0 Å². The number of rotatable bonds is 8. The number of halogens is 1. The molecule has 0 heterocycles. The van der Waals surface area contributed by atoms with Gasteiger partial charge in [0.2, 0.25) is 0 Å². The zero-order valence-electron chi connectivity index (χ0n) is 13.4. The van der Waals surface area contributed by atoms with Crippen LogP contribution in [0.2, 0.25) is 0 Å². The standard InChI is InChI=1S/C17H28BrNO/c1-6-9-19-11-17(13(4)5)20-16-8-7-14(18)10-15(16)12(2)3/h7-8,10,12-13,17,19H,6,9,11H2,1-5H3. The maximum atomic E-state index is 6.29. The molecule has 0 aliphatic rings.